The number of aromatic nitrogens is 2. The van der Waals surface area contributed by atoms with Gasteiger partial charge < -0.3 is 10.2 Å². The Balaban J connectivity index is 1.42. The van der Waals surface area contributed by atoms with Crippen molar-refractivity contribution in [1.82, 2.24) is 20.0 Å². The van der Waals surface area contributed by atoms with Crippen molar-refractivity contribution in [2.75, 3.05) is 6.54 Å². The van der Waals surface area contributed by atoms with Gasteiger partial charge in [-0.2, -0.15) is 5.10 Å². The van der Waals surface area contributed by atoms with Gasteiger partial charge in [0.25, 0.3) is 0 Å². The number of fused-ring (bicyclic) bond motifs is 1. The van der Waals surface area contributed by atoms with E-state index in [1.807, 2.05) is 59.1 Å². The molecule has 3 aromatic rings. The lowest BCUT2D eigenvalue weighted by Gasteiger charge is -2.24. The zero-order valence-electron chi connectivity index (χ0n) is 15.5. The number of hydrogen-bond donors (Lipinski definition) is 1. The van der Waals surface area contributed by atoms with E-state index in [4.69, 9.17) is 0 Å². The quantitative estimate of drug-likeness (QED) is 0.765. The summed E-state index contributed by atoms with van der Waals surface area (Å²) in [7, 11) is 0. The first kappa shape index (κ1) is 17.3. The van der Waals surface area contributed by atoms with Crippen molar-refractivity contribution in [2.45, 2.75) is 32.4 Å². The molecule has 2 amide bonds. The molecule has 0 aliphatic carbocycles. The molecule has 1 unspecified atom stereocenters. The molecule has 0 radical (unpaired) electrons. The smallest absolute Gasteiger partial charge is 0.318 e. The third-order valence-electron chi connectivity index (χ3n) is 5.14. The van der Waals surface area contributed by atoms with E-state index in [1.165, 1.54) is 11.1 Å². The Morgan fingerprint density at radius 1 is 1.07 bits per heavy atom. The highest BCUT2D eigenvalue weighted by atomic mass is 16.2. The molecule has 5 nitrogen and oxygen atoms in total. The molecule has 27 heavy (non-hydrogen) atoms. The molecule has 138 valence electrons. The molecule has 0 bridgehead atoms. The summed E-state index contributed by atoms with van der Waals surface area (Å²) in [4.78, 5) is 14.7. The van der Waals surface area contributed by atoms with Gasteiger partial charge in [0, 0.05) is 25.5 Å². The fraction of sp³-hybridized carbons (Fsp3) is 0.273. The maximum atomic E-state index is 12.8. The van der Waals surface area contributed by atoms with Crippen molar-refractivity contribution >= 4 is 6.03 Å². The van der Waals surface area contributed by atoms with Gasteiger partial charge in [-0.15, -0.1) is 0 Å². The Morgan fingerprint density at radius 2 is 1.85 bits per heavy atom. The Morgan fingerprint density at radius 3 is 2.59 bits per heavy atom. The van der Waals surface area contributed by atoms with Crippen molar-refractivity contribution in [3.05, 3.63) is 83.7 Å². The van der Waals surface area contributed by atoms with Gasteiger partial charge in [-0.05, 0) is 54.7 Å². The van der Waals surface area contributed by atoms with E-state index in [9.17, 15) is 4.79 Å². The van der Waals surface area contributed by atoms with Gasteiger partial charge in [0.1, 0.15) is 0 Å². The SMILES string of the molecule is CC(NC(=O)N1CCCc2ccccc2C1)c1ccc(-n2cccn2)cc1. The number of urea groups is 1. The summed E-state index contributed by atoms with van der Waals surface area (Å²) in [5, 5.41) is 7.38. The average Bonchev–Trinajstić information content (AvgIpc) is 3.14. The number of nitrogens with zero attached hydrogens (tertiary/aromatic N) is 3. The first-order chi connectivity index (χ1) is 13.2. The van der Waals surface area contributed by atoms with Crippen molar-refractivity contribution in [3.63, 3.8) is 0 Å². The minimum atomic E-state index is -0.0531. The van der Waals surface area contributed by atoms with Gasteiger partial charge in [-0.25, -0.2) is 9.48 Å². The number of carbonyl (C=O) groups is 1. The molecule has 0 saturated heterocycles. The maximum Gasteiger partial charge on any atom is 0.318 e. The predicted octanol–water partition coefficient (Wildman–Crippen LogP) is 4.09. The summed E-state index contributed by atoms with van der Waals surface area (Å²) in [5.74, 6) is 0. The topological polar surface area (TPSA) is 50.2 Å². The molecule has 2 aromatic carbocycles. The number of amides is 2. The molecular formula is C22H24N4O. The van der Waals surface area contributed by atoms with E-state index in [-0.39, 0.29) is 12.1 Å². The molecule has 0 fully saturated rings. The lowest BCUT2D eigenvalue weighted by molar-refractivity contribution is 0.192. The summed E-state index contributed by atoms with van der Waals surface area (Å²) in [6.07, 6.45) is 5.70. The van der Waals surface area contributed by atoms with E-state index >= 15 is 0 Å². The molecule has 5 heteroatoms. The molecule has 1 aromatic heterocycles. The second-order valence-corrected chi connectivity index (χ2v) is 7.01. The van der Waals surface area contributed by atoms with Crippen LogP contribution in [0.5, 0.6) is 0 Å². The van der Waals surface area contributed by atoms with E-state index in [1.54, 1.807) is 6.20 Å². The maximum absolute atomic E-state index is 12.8. The van der Waals surface area contributed by atoms with Crippen LogP contribution in [0.3, 0.4) is 0 Å². The van der Waals surface area contributed by atoms with Gasteiger partial charge in [-0.3, -0.25) is 0 Å². The molecule has 1 N–H and O–H groups in total. The summed E-state index contributed by atoms with van der Waals surface area (Å²) < 4.78 is 1.82. The highest BCUT2D eigenvalue weighted by Crippen LogP contribution is 2.20. The lowest BCUT2D eigenvalue weighted by atomic mass is 10.0. The molecule has 0 spiro atoms. The fourth-order valence-electron chi connectivity index (χ4n) is 3.57. The Labute approximate surface area is 159 Å². The summed E-state index contributed by atoms with van der Waals surface area (Å²) in [5.41, 5.74) is 4.69. The van der Waals surface area contributed by atoms with Crippen molar-refractivity contribution in [1.29, 1.82) is 0 Å². The number of hydrogen-bond acceptors (Lipinski definition) is 2. The average molecular weight is 360 g/mol. The van der Waals surface area contributed by atoms with Crippen molar-refractivity contribution in [3.8, 4) is 5.69 Å². The number of benzene rings is 2. The Kier molecular flexibility index (Phi) is 4.92. The van der Waals surface area contributed by atoms with Crippen LogP contribution in [-0.2, 0) is 13.0 Å². The number of carbonyl (C=O) groups excluding carboxylic acids is 1. The van der Waals surface area contributed by atoms with Gasteiger partial charge >= 0.3 is 6.03 Å². The second-order valence-electron chi connectivity index (χ2n) is 7.01. The van der Waals surface area contributed by atoms with Crippen LogP contribution >= 0.6 is 0 Å². The minimum absolute atomic E-state index is 0.00430. The molecule has 1 atom stereocenters. The van der Waals surface area contributed by atoms with Crippen LogP contribution in [0.25, 0.3) is 5.69 Å². The molecular weight excluding hydrogens is 336 g/mol. The minimum Gasteiger partial charge on any atom is -0.331 e. The van der Waals surface area contributed by atoms with Crippen LogP contribution in [0.2, 0.25) is 0 Å². The third-order valence-corrected chi connectivity index (χ3v) is 5.14. The lowest BCUT2D eigenvalue weighted by Crippen LogP contribution is -2.40. The second kappa shape index (κ2) is 7.66. The zero-order valence-corrected chi connectivity index (χ0v) is 15.5. The third kappa shape index (κ3) is 3.87. The number of aryl methyl sites for hydroxylation is 1. The summed E-state index contributed by atoms with van der Waals surface area (Å²) in [6, 6.07) is 18.4. The van der Waals surface area contributed by atoms with E-state index in [0.29, 0.717) is 6.54 Å². The first-order valence-corrected chi connectivity index (χ1v) is 9.43. The highest BCUT2D eigenvalue weighted by Gasteiger charge is 2.20. The van der Waals surface area contributed by atoms with Crippen molar-refractivity contribution < 1.29 is 4.79 Å². The molecule has 0 saturated carbocycles. The normalized spacial score (nSPS) is 14.9. The van der Waals surface area contributed by atoms with Gasteiger partial charge in [0.05, 0.1) is 11.7 Å². The van der Waals surface area contributed by atoms with E-state index in [2.05, 4.69) is 28.6 Å². The van der Waals surface area contributed by atoms with Gasteiger partial charge in [-0.1, -0.05) is 36.4 Å². The van der Waals surface area contributed by atoms with Crippen LogP contribution in [0, 0.1) is 0 Å². The summed E-state index contributed by atoms with van der Waals surface area (Å²) in [6.45, 7) is 3.48. The standard InChI is InChI=1S/C22H24N4O/c1-17(18-9-11-21(12-10-18)26-15-5-13-23-26)24-22(27)25-14-4-8-19-6-2-3-7-20(19)16-25/h2-3,5-7,9-13,15,17H,4,8,14,16H2,1H3,(H,24,27). The van der Waals surface area contributed by atoms with Gasteiger partial charge in [0.15, 0.2) is 0 Å². The van der Waals surface area contributed by atoms with Crippen LogP contribution < -0.4 is 5.32 Å². The largest absolute Gasteiger partial charge is 0.331 e. The highest BCUT2D eigenvalue weighted by molar-refractivity contribution is 5.75. The Hall–Kier alpha value is -3.08. The number of rotatable bonds is 3. The van der Waals surface area contributed by atoms with E-state index in [0.717, 1.165) is 30.6 Å². The van der Waals surface area contributed by atoms with Crippen LogP contribution in [-0.4, -0.2) is 27.3 Å². The number of nitrogens with one attached hydrogen (secondary N) is 1. The Bertz CT molecular complexity index is 902. The first-order valence-electron chi connectivity index (χ1n) is 9.43. The van der Waals surface area contributed by atoms with E-state index < -0.39 is 0 Å². The monoisotopic (exact) mass is 360 g/mol. The predicted molar refractivity (Wildman–Crippen MR) is 106 cm³/mol. The molecule has 1 aliphatic rings. The van der Waals surface area contributed by atoms with Gasteiger partial charge in [0.2, 0.25) is 0 Å². The van der Waals surface area contributed by atoms with Crippen molar-refractivity contribution in [2.24, 2.45) is 0 Å². The molecule has 4 rings (SSSR count). The van der Waals surface area contributed by atoms with Crippen LogP contribution in [0.4, 0.5) is 4.79 Å². The molecule has 2 heterocycles. The summed E-state index contributed by atoms with van der Waals surface area (Å²) >= 11 is 0. The fourth-order valence-corrected chi connectivity index (χ4v) is 3.57. The molecule has 1 aliphatic heterocycles. The van der Waals surface area contributed by atoms with Crippen LogP contribution in [0.15, 0.2) is 67.0 Å². The van der Waals surface area contributed by atoms with Crippen LogP contribution in [0.1, 0.15) is 36.1 Å². The zero-order chi connectivity index (χ0) is 18.6.